The van der Waals surface area contributed by atoms with Crippen molar-refractivity contribution in [2.75, 3.05) is 11.9 Å². The number of fused-ring (bicyclic) bond motifs is 1. The summed E-state index contributed by atoms with van der Waals surface area (Å²) < 4.78 is 0. The summed E-state index contributed by atoms with van der Waals surface area (Å²) >= 11 is 0. The lowest BCUT2D eigenvalue weighted by atomic mass is 10.0. The molecule has 0 bridgehead atoms. The quantitative estimate of drug-likeness (QED) is 0.777. The van der Waals surface area contributed by atoms with E-state index in [0.717, 1.165) is 22.2 Å². The smallest absolute Gasteiger partial charge is 0.243 e. The predicted molar refractivity (Wildman–Crippen MR) is 89.8 cm³/mol. The van der Waals surface area contributed by atoms with Gasteiger partial charge < -0.3 is 15.6 Å². The average Bonchev–Trinajstić information content (AvgIpc) is 2.97. The third kappa shape index (κ3) is 2.73. The lowest BCUT2D eigenvalue weighted by Crippen LogP contribution is -2.43. The molecule has 4 nitrogen and oxygen atoms in total. The van der Waals surface area contributed by atoms with Gasteiger partial charge in [-0.2, -0.15) is 0 Å². The Morgan fingerprint density at radius 3 is 2.59 bits per heavy atom. The first-order valence-electron chi connectivity index (χ1n) is 7.30. The van der Waals surface area contributed by atoms with Crippen LogP contribution in [-0.2, 0) is 11.2 Å². The van der Waals surface area contributed by atoms with Crippen molar-refractivity contribution >= 4 is 22.5 Å². The number of rotatable bonds is 4. The highest BCUT2D eigenvalue weighted by Crippen LogP contribution is 2.20. The molecule has 3 N–H and O–H groups in total. The highest BCUT2D eigenvalue weighted by Gasteiger charge is 2.20. The summed E-state index contributed by atoms with van der Waals surface area (Å²) in [7, 11) is 1.76. The van der Waals surface area contributed by atoms with Gasteiger partial charge in [0.25, 0.3) is 0 Å². The Kier molecular flexibility index (Phi) is 3.94. The molecule has 0 radical (unpaired) electrons. The maximum Gasteiger partial charge on any atom is 0.243 e. The number of aromatic nitrogens is 1. The highest BCUT2D eigenvalue weighted by atomic mass is 16.2. The predicted octanol–water partition coefficient (Wildman–Crippen LogP) is 2.70. The summed E-state index contributed by atoms with van der Waals surface area (Å²) in [6, 6.07) is 17.0. The van der Waals surface area contributed by atoms with Crippen LogP contribution >= 0.6 is 0 Å². The van der Waals surface area contributed by atoms with Gasteiger partial charge in [0, 0.05) is 29.8 Å². The van der Waals surface area contributed by atoms with Crippen molar-refractivity contribution in [2.45, 2.75) is 12.5 Å². The Bertz CT molecular complexity index is 779. The van der Waals surface area contributed by atoms with E-state index in [1.165, 1.54) is 0 Å². The summed E-state index contributed by atoms with van der Waals surface area (Å²) in [5, 5.41) is 1.12. The summed E-state index contributed by atoms with van der Waals surface area (Å²) in [5.74, 6) is -0.0866. The van der Waals surface area contributed by atoms with E-state index < -0.39 is 6.04 Å². The number of carbonyl (C=O) groups excluding carboxylic acids is 1. The molecule has 0 fully saturated rings. The van der Waals surface area contributed by atoms with Crippen LogP contribution in [0.2, 0.25) is 0 Å². The fourth-order valence-corrected chi connectivity index (χ4v) is 2.65. The number of para-hydroxylation sites is 2. The van der Waals surface area contributed by atoms with Crippen LogP contribution in [0.25, 0.3) is 10.9 Å². The summed E-state index contributed by atoms with van der Waals surface area (Å²) in [5.41, 5.74) is 9.11. The van der Waals surface area contributed by atoms with E-state index in [-0.39, 0.29) is 5.91 Å². The lowest BCUT2D eigenvalue weighted by molar-refractivity contribution is -0.119. The van der Waals surface area contributed by atoms with Gasteiger partial charge in [-0.3, -0.25) is 4.79 Å². The second kappa shape index (κ2) is 6.03. The van der Waals surface area contributed by atoms with Gasteiger partial charge in [-0.15, -0.1) is 0 Å². The van der Waals surface area contributed by atoms with Crippen molar-refractivity contribution in [3.63, 3.8) is 0 Å². The monoisotopic (exact) mass is 293 g/mol. The number of H-pyrrole nitrogens is 1. The average molecular weight is 293 g/mol. The van der Waals surface area contributed by atoms with Crippen LogP contribution in [0, 0.1) is 0 Å². The second-order valence-electron chi connectivity index (χ2n) is 5.40. The van der Waals surface area contributed by atoms with Gasteiger partial charge in [-0.1, -0.05) is 36.4 Å². The van der Waals surface area contributed by atoms with Crippen molar-refractivity contribution in [2.24, 2.45) is 5.73 Å². The SMILES string of the molecule is CN(C(=O)[C@@H](N)Cc1c[nH]c2ccccc12)c1ccccc1. The zero-order chi connectivity index (χ0) is 15.5. The number of aromatic amines is 1. The molecule has 0 unspecified atom stereocenters. The Labute approximate surface area is 129 Å². The normalized spacial score (nSPS) is 12.3. The third-order valence-electron chi connectivity index (χ3n) is 3.91. The number of anilines is 1. The van der Waals surface area contributed by atoms with E-state index in [2.05, 4.69) is 4.98 Å². The van der Waals surface area contributed by atoms with E-state index in [9.17, 15) is 4.79 Å². The van der Waals surface area contributed by atoms with E-state index >= 15 is 0 Å². The van der Waals surface area contributed by atoms with Crippen LogP contribution in [0.3, 0.4) is 0 Å². The van der Waals surface area contributed by atoms with Gasteiger partial charge in [0.05, 0.1) is 6.04 Å². The van der Waals surface area contributed by atoms with Crippen LogP contribution < -0.4 is 10.6 Å². The number of hydrogen-bond acceptors (Lipinski definition) is 2. The Morgan fingerprint density at radius 1 is 1.14 bits per heavy atom. The van der Waals surface area contributed by atoms with Crippen molar-refractivity contribution in [3.05, 3.63) is 66.4 Å². The minimum Gasteiger partial charge on any atom is -0.361 e. The van der Waals surface area contributed by atoms with Gasteiger partial charge in [-0.05, 0) is 30.2 Å². The third-order valence-corrected chi connectivity index (χ3v) is 3.91. The fourth-order valence-electron chi connectivity index (χ4n) is 2.65. The zero-order valence-corrected chi connectivity index (χ0v) is 12.5. The topological polar surface area (TPSA) is 62.1 Å². The number of nitrogens with one attached hydrogen (secondary N) is 1. The minimum atomic E-state index is -0.565. The summed E-state index contributed by atoms with van der Waals surface area (Å²) in [4.78, 5) is 17.3. The molecule has 112 valence electrons. The molecule has 0 aliphatic carbocycles. The number of benzene rings is 2. The molecule has 1 atom stereocenters. The number of nitrogens with two attached hydrogens (primary N) is 1. The van der Waals surface area contributed by atoms with Crippen LogP contribution in [-0.4, -0.2) is 24.0 Å². The molecule has 0 aliphatic rings. The van der Waals surface area contributed by atoms with E-state index in [1.54, 1.807) is 11.9 Å². The molecular weight excluding hydrogens is 274 g/mol. The van der Waals surface area contributed by atoms with Crippen LogP contribution in [0.1, 0.15) is 5.56 Å². The molecule has 4 heteroatoms. The van der Waals surface area contributed by atoms with E-state index in [4.69, 9.17) is 5.73 Å². The number of amides is 1. The first-order chi connectivity index (χ1) is 10.7. The Hall–Kier alpha value is -2.59. The maximum atomic E-state index is 12.5. The van der Waals surface area contributed by atoms with Crippen LogP contribution in [0.4, 0.5) is 5.69 Å². The zero-order valence-electron chi connectivity index (χ0n) is 12.5. The molecule has 1 amide bonds. The molecule has 0 saturated carbocycles. The van der Waals surface area contributed by atoms with Gasteiger partial charge in [0.2, 0.25) is 5.91 Å². The van der Waals surface area contributed by atoms with Crippen LogP contribution in [0.15, 0.2) is 60.8 Å². The summed E-state index contributed by atoms with van der Waals surface area (Å²) in [6.45, 7) is 0. The maximum absolute atomic E-state index is 12.5. The van der Waals surface area contributed by atoms with Crippen LogP contribution in [0.5, 0.6) is 0 Å². The standard InChI is InChI=1S/C18H19N3O/c1-21(14-7-3-2-4-8-14)18(22)16(19)11-13-12-20-17-10-6-5-9-15(13)17/h2-10,12,16,20H,11,19H2,1H3/t16-/m0/s1. The molecule has 1 aromatic heterocycles. The van der Waals surface area contributed by atoms with Gasteiger partial charge in [-0.25, -0.2) is 0 Å². The molecule has 0 spiro atoms. The second-order valence-corrected chi connectivity index (χ2v) is 5.40. The Balaban J connectivity index is 1.76. The van der Waals surface area contributed by atoms with E-state index in [0.29, 0.717) is 6.42 Å². The van der Waals surface area contributed by atoms with Crippen molar-refractivity contribution < 1.29 is 4.79 Å². The molecule has 3 aromatic rings. The van der Waals surface area contributed by atoms with Gasteiger partial charge in [0.1, 0.15) is 0 Å². The fraction of sp³-hybridized carbons (Fsp3) is 0.167. The van der Waals surface area contributed by atoms with E-state index in [1.807, 2.05) is 60.8 Å². The Morgan fingerprint density at radius 2 is 1.82 bits per heavy atom. The molecule has 2 aromatic carbocycles. The van der Waals surface area contributed by atoms with Gasteiger partial charge >= 0.3 is 0 Å². The first-order valence-corrected chi connectivity index (χ1v) is 7.30. The number of carbonyl (C=O) groups is 1. The molecule has 1 heterocycles. The number of nitrogens with zero attached hydrogens (tertiary/aromatic N) is 1. The van der Waals surface area contributed by atoms with Crippen molar-refractivity contribution in [1.82, 2.24) is 4.98 Å². The molecule has 0 aliphatic heterocycles. The number of hydrogen-bond donors (Lipinski definition) is 2. The molecule has 22 heavy (non-hydrogen) atoms. The molecule has 3 rings (SSSR count). The first kappa shape index (κ1) is 14.4. The largest absolute Gasteiger partial charge is 0.361 e. The number of likely N-dealkylation sites (N-methyl/N-ethyl adjacent to an activating group) is 1. The summed E-state index contributed by atoms with van der Waals surface area (Å²) in [6.07, 6.45) is 2.44. The highest BCUT2D eigenvalue weighted by molar-refractivity contribution is 5.97. The van der Waals surface area contributed by atoms with Crippen molar-refractivity contribution in [1.29, 1.82) is 0 Å². The molecular formula is C18H19N3O. The minimum absolute atomic E-state index is 0.0866. The molecule has 0 saturated heterocycles. The van der Waals surface area contributed by atoms with Gasteiger partial charge in [0.15, 0.2) is 0 Å². The van der Waals surface area contributed by atoms with Crippen molar-refractivity contribution in [3.8, 4) is 0 Å². The lowest BCUT2D eigenvalue weighted by Gasteiger charge is -2.21.